The van der Waals surface area contributed by atoms with E-state index in [2.05, 4.69) is 10.4 Å². The van der Waals surface area contributed by atoms with Crippen molar-refractivity contribution in [1.29, 1.82) is 0 Å². The summed E-state index contributed by atoms with van der Waals surface area (Å²) in [6, 6.07) is 3.24. The van der Waals surface area contributed by atoms with Crippen LogP contribution in [0.3, 0.4) is 0 Å². The minimum atomic E-state index is -3.14. The lowest BCUT2D eigenvalue weighted by Crippen LogP contribution is -2.38. The van der Waals surface area contributed by atoms with E-state index in [0.29, 0.717) is 11.4 Å². The molecule has 0 saturated heterocycles. The molecule has 1 amide bonds. The van der Waals surface area contributed by atoms with Crippen molar-refractivity contribution in [1.82, 2.24) is 19.7 Å². The van der Waals surface area contributed by atoms with Gasteiger partial charge in [-0.05, 0) is 19.1 Å². The normalized spacial score (nSPS) is 13.0. The van der Waals surface area contributed by atoms with E-state index in [-0.39, 0.29) is 17.4 Å². The van der Waals surface area contributed by atoms with Crippen LogP contribution in [0.2, 0.25) is 0 Å². The molecular formula is C14H20N4O3S. The number of carbonyl (C=O) groups is 1. The van der Waals surface area contributed by atoms with E-state index < -0.39 is 15.9 Å². The molecule has 2 heterocycles. The number of hydrogen-bond donors (Lipinski definition) is 1. The van der Waals surface area contributed by atoms with Gasteiger partial charge in [0, 0.05) is 31.2 Å². The van der Waals surface area contributed by atoms with Gasteiger partial charge < -0.3 is 9.88 Å². The molecule has 0 aliphatic rings. The number of hydrogen-bond acceptors (Lipinski definition) is 4. The molecule has 0 saturated carbocycles. The zero-order valence-electron chi connectivity index (χ0n) is 12.9. The van der Waals surface area contributed by atoms with Gasteiger partial charge in [-0.2, -0.15) is 5.10 Å². The van der Waals surface area contributed by atoms with Gasteiger partial charge in [-0.15, -0.1) is 0 Å². The average molecular weight is 324 g/mol. The summed E-state index contributed by atoms with van der Waals surface area (Å²) >= 11 is 0. The quantitative estimate of drug-likeness (QED) is 0.850. The molecular weight excluding hydrogens is 304 g/mol. The van der Waals surface area contributed by atoms with Crippen molar-refractivity contribution in [3.8, 4) is 5.82 Å². The van der Waals surface area contributed by atoms with Crippen molar-refractivity contribution in [3.05, 3.63) is 36.3 Å². The number of carbonyl (C=O) groups excluding carboxylic acids is 1. The lowest BCUT2D eigenvalue weighted by molar-refractivity contribution is 0.0943. The number of aromatic nitrogens is 3. The molecule has 0 radical (unpaired) electrons. The van der Waals surface area contributed by atoms with Crippen molar-refractivity contribution < 1.29 is 13.2 Å². The molecule has 2 aromatic heterocycles. The van der Waals surface area contributed by atoms with Crippen LogP contribution >= 0.6 is 0 Å². The third-order valence-corrected chi connectivity index (χ3v) is 5.21. The molecule has 0 aromatic carbocycles. The first-order valence-electron chi connectivity index (χ1n) is 7.00. The third kappa shape index (κ3) is 3.56. The van der Waals surface area contributed by atoms with Gasteiger partial charge in [0.25, 0.3) is 5.91 Å². The van der Waals surface area contributed by atoms with Gasteiger partial charge in [-0.25, -0.2) is 8.42 Å². The minimum Gasteiger partial charge on any atom is -0.348 e. The van der Waals surface area contributed by atoms with Crippen LogP contribution in [0.15, 0.2) is 30.7 Å². The van der Waals surface area contributed by atoms with Crippen LogP contribution < -0.4 is 5.32 Å². The maximum Gasteiger partial charge on any atom is 0.256 e. The summed E-state index contributed by atoms with van der Waals surface area (Å²) in [4.78, 5) is 12.4. The van der Waals surface area contributed by atoms with E-state index >= 15 is 0 Å². The van der Waals surface area contributed by atoms with E-state index in [1.165, 1.54) is 6.20 Å². The zero-order chi connectivity index (χ0) is 16.3. The van der Waals surface area contributed by atoms with Crippen LogP contribution in [-0.4, -0.2) is 46.2 Å². The maximum absolute atomic E-state index is 12.4. The fourth-order valence-electron chi connectivity index (χ4n) is 2.22. The molecule has 1 atom stereocenters. The Morgan fingerprint density at radius 2 is 2.00 bits per heavy atom. The lowest BCUT2D eigenvalue weighted by atomic mass is 10.2. The van der Waals surface area contributed by atoms with Crippen molar-refractivity contribution in [2.24, 2.45) is 7.05 Å². The molecule has 0 aliphatic carbocycles. The summed E-state index contributed by atoms with van der Waals surface area (Å²) in [6.07, 6.45) is 5.11. The fourth-order valence-corrected chi connectivity index (χ4v) is 3.30. The zero-order valence-corrected chi connectivity index (χ0v) is 13.7. The van der Waals surface area contributed by atoms with Crippen LogP contribution in [-0.2, 0) is 16.9 Å². The first kappa shape index (κ1) is 16.3. The average Bonchev–Trinajstić information content (AvgIpc) is 3.06. The van der Waals surface area contributed by atoms with Gasteiger partial charge in [0.05, 0.1) is 11.9 Å². The van der Waals surface area contributed by atoms with Crippen LogP contribution in [0.25, 0.3) is 5.82 Å². The first-order valence-corrected chi connectivity index (χ1v) is 8.83. The standard InChI is InChI=1S/C14H20N4O3S/c1-4-22(20,21)10-11(2)16-13(19)12-9-15-17(3)14(12)18-7-5-6-8-18/h5-9,11H,4,10H2,1-3H3,(H,16,19)/t11-/m0/s1. The molecule has 1 N–H and O–H groups in total. The van der Waals surface area contributed by atoms with Crippen molar-refractivity contribution in [3.63, 3.8) is 0 Å². The van der Waals surface area contributed by atoms with E-state index in [9.17, 15) is 13.2 Å². The Hall–Kier alpha value is -2.09. The minimum absolute atomic E-state index is 0.0642. The number of nitrogens with one attached hydrogen (secondary N) is 1. The second-order valence-corrected chi connectivity index (χ2v) is 7.57. The number of nitrogens with zero attached hydrogens (tertiary/aromatic N) is 3. The Bertz CT molecular complexity index is 747. The smallest absolute Gasteiger partial charge is 0.256 e. The third-order valence-electron chi connectivity index (χ3n) is 3.32. The number of rotatable bonds is 6. The summed E-state index contributed by atoms with van der Waals surface area (Å²) in [5.41, 5.74) is 0.402. The molecule has 0 bridgehead atoms. The highest BCUT2D eigenvalue weighted by atomic mass is 32.2. The Kier molecular flexibility index (Phi) is 4.70. The number of aryl methyl sites for hydroxylation is 1. The Morgan fingerprint density at radius 1 is 1.36 bits per heavy atom. The van der Waals surface area contributed by atoms with E-state index in [0.717, 1.165) is 0 Å². The molecule has 22 heavy (non-hydrogen) atoms. The lowest BCUT2D eigenvalue weighted by Gasteiger charge is -2.14. The second-order valence-electron chi connectivity index (χ2n) is 5.17. The van der Waals surface area contributed by atoms with Crippen molar-refractivity contribution in [2.75, 3.05) is 11.5 Å². The predicted octanol–water partition coefficient (Wildman–Crippen LogP) is 0.764. The highest BCUT2D eigenvalue weighted by Gasteiger charge is 2.21. The van der Waals surface area contributed by atoms with E-state index in [4.69, 9.17) is 0 Å². The summed E-state index contributed by atoms with van der Waals surface area (Å²) in [5.74, 6) is 0.284. The maximum atomic E-state index is 12.4. The fraction of sp³-hybridized carbons (Fsp3) is 0.429. The molecule has 2 aromatic rings. The van der Waals surface area contributed by atoms with Crippen LogP contribution in [0.4, 0.5) is 0 Å². The molecule has 0 unspecified atom stereocenters. The number of sulfone groups is 1. The van der Waals surface area contributed by atoms with Gasteiger partial charge >= 0.3 is 0 Å². The molecule has 0 aliphatic heterocycles. The van der Waals surface area contributed by atoms with Gasteiger partial charge in [0.15, 0.2) is 9.84 Å². The monoisotopic (exact) mass is 324 g/mol. The second kappa shape index (κ2) is 6.35. The molecule has 0 fully saturated rings. The SMILES string of the molecule is CCS(=O)(=O)C[C@H](C)NC(=O)c1cnn(C)c1-n1cccc1. The van der Waals surface area contributed by atoms with Crippen LogP contribution in [0.1, 0.15) is 24.2 Å². The summed E-state index contributed by atoms with van der Waals surface area (Å²) in [6.45, 7) is 3.27. The highest BCUT2D eigenvalue weighted by Crippen LogP contribution is 2.14. The summed E-state index contributed by atoms with van der Waals surface area (Å²) in [5, 5.41) is 6.83. The largest absolute Gasteiger partial charge is 0.348 e. The van der Waals surface area contributed by atoms with Gasteiger partial charge in [0.1, 0.15) is 11.4 Å². The van der Waals surface area contributed by atoms with Crippen molar-refractivity contribution in [2.45, 2.75) is 19.9 Å². The molecule has 120 valence electrons. The Balaban J connectivity index is 2.18. The summed E-state index contributed by atoms with van der Waals surface area (Å²) in [7, 11) is -1.39. The molecule has 8 heteroatoms. The molecule has 0 spiro atoms. The predicted molar refractivity (Wildman–Crippen MR) is 83.8 cm³/mol. The number of amides is 1. The first-order chi connectivity index (χ1) is 10.3. The molecule has 7 nitrogen and oxygen atoms in total. The van der Waals surface area contributed by atoms with Crippen LogP contribution in [0, 0.1) is 0 Å². The Labute approximate surface area is 129 Å². The van der Waals surface area contributed by atoms with E-state index in [1.54, 1.807) is 30.1 Å². The highest BCUT2D eigenvalue weighted by molar-refractivity contribution is 7.91. The van der Waals surface area contributed by atoms with Crippen molar-refractivity contribution >= 4 is 15.7 Å². The molecule has 2 rings (SSSR count). The van der Waals surface area contributed by atoms with Gasteiger partial charge in [-0.3, -0.25) is 9.48 Å². The van der Waals surface area contributed by atoms with Gasteiger partial charge in [0.2, 0.25) is 0 Å². The Morgan fingerprint density at radius 3 is 2.59 bits per heavy atom. The topological polar surface area (TPSA) is 86.0 Å². The van der Waals surface area contributed by atoms with E-state index in [1.807, 2.05) is 24.5 Å². The van der Waals surface area contributed by atoms with Crippen LogP contribution in [0.5, 0.6) is 0 Å². The summed E-state index contributed by atoms with van der Waals surface area (Å²) < 4.78 is 26.6. The van der Waals surface area contributed by atoms with Gasteiger partial charge in [-0.1, -0.05) is 6.92 Å².